The van der Waals surface area contributed by atoms with Gasteiger partial charge in [0.2, 0.25) is 15.9 Å². The summed E-state index contributed by atoms with van der Waals surface area (Å²) in [5.41, 5.74) is 0.850. The summed E-state index contributed by atoms with van der Waals surface area (Å²) in [4.78, 5) is 30.7. The molecule has 2 fully saturated rings. The van der Waals surface area contributed by atoms with Crippen LogP contribution in [0.5, 0.6) is 0 Å². The number of benzene rings is 1. The zero-order valence-corrected chi connectivity index (χ0v) is 17.7. The van der Waals surface area contributed by atoms with E-state index in [-0.39, 0.29) is 18.4 Å². The van der Waals surface area contributed by atoms with E-state index in [0.29, 0.717) is 50.6 Å². The first kappa shape index (κ1) is 21.5. The molecule has 0 spiro atoms. The number of morpholine rings is 1. The molecular formula is C19H28N4O5S. The van der Waals surface area contributed by atoms with E-state index in [2.05, 4.69) is 4.90 Å². The van der Waals surface area contributed by atoms with Crippen LogP contribution >= 0.6 is 0 Å². The van der Waals surface area contributed by atoms with Gasteiger partial charge in [-0.1, -0.05) is 0 Å². The van der Waals surface area contributed by atoms with Crippen molar-refractivity contribution in [2.24, 2.45) is 0 Å². The lowest BCUT2D eigenvalue weighted by atomic mass is 10.1. The third-order valence-corrected chi connectivity index (χ3v) is 6.38. The molecule has 29 heavy (non-hydrogen) atoms. The van der Waals surface area contributed by atoms with Gasteiger partial charge in [-0.25, -0.2) is 8.42 Å². The maximum atomic E-state index is 12.6. The Morgan fingerprint density at radius 1 is 0.966 bits per heavy atom. The van der Waals surface area contributed by atoms with E-state index >= 15 is 0 Å². The van der Waals surface area contributed by atoms with Crippen molar-refractivity contribution in [2.75, 3.05) is 76.6 Å². The Labute approximate surface area is 171 Å². The van der Waals surface area contributed by atoms with Gasteiger partial charge < -0.3 is 19.4 Å². The second-order valence-electron chi connectivity index (χ2n) is 7.41. The number of piperazine rings is 1. The molecule has 160 valence electrons. The van der Waals surface area contributed by atoms with Crippen LogP contribution in [0.2, 0.25) is 0 Å². The summed E-state index contributed by atoms with van der Waals surface area (Å²) in [6, 6.07) is 6.36. The Bertz CT molecular complexity index is 829. The number of likely N-dealkylation sites (N-methyl/N-ethyl adjacent to an activating group) is 1. The van der Waals surface area contributed by atoms with Crippen LogP contribution < -0.4 is 4.31 Å². The van der Waals surface area contributed by atoms with Gasteiger partial charge in [0.1, 0.15) is 6.54 Å². The number of amides is 2. The minimum Gasteiger partial charge on any atom is -0.378 e. The minimum atomic E-state index is -3.65. The number of carbonyl (C=O) groups is 2. The predicted octanol–water partition coefficient (Wildman–Crippen LogP) is -0.301. The van der Waals surface area contributed by atoms with Crippen molar-refractivity contribution in [2.45, 2.75) is 0 Å². The smallest absolute Gasteiger partial charge is 0.254 e. The molecule has 1 aromatic rings. The highest BCUT2D eigenvalue weighted by atomic mass is 32.2. The topological polar surface area (TPSA) is 90.5 Å². The van der Waals surface area contributed by atoms with Crippen LogP contribution in [0.4, 0.5) is 5.69 Å². The maximum Gasteiger partial charge on any atom is 0.254 e. The number of hydrogen-bond acceptors (Lipinski definition) is 6. The summed E-state index contributed by atoms with van der Waals surface area (Å²) in [6.07, 6.45) is 1.08. The summed E-state index contributed by atoms with van der Waals surface area (Å²) >= 11 is 0. The van der Waals surface area contributed by atoms with Crippen molar-refractivity contribution < 1.29 is 22.7 Å². The van der Waals surface area contributed by atoms with Crippen LogP contribution in [0.3, 0.4) is 0 Å². The largest absolute Gasteiger partial charge is 0.378 e. The fraction of sp³-hybridized carbons (Fsp3) is 0.579. The molecule has 2 amide bonds. The minimum absolute atomic E-state index is 0.112. The molecule has 0 bridgehead atoms. The molecule has 2 aliphatic heterocycles. The molecule has 2 heterocycles. The summed E-state index contributed by atoms with van der Waals surface area (Å²) in [5.74, 6) is -0.337. The Kier molecular flexibility index (Phi) is 6.76. The van der Waals surface area contributed by atoms with Crippen LogP contribution in [-0.2, 0) is 19.6 Å². The van der Waals surface area contributed by atoms with Gasteiger partial charge in [-0.05, 0) is 31.3 Å². The molecule has 0 aliphatic carbocycles. The fourth-order valence-electron chi connectivity index (χ4n) is 3.40. The highest BCUT2D eigenvalue weighted by Crippen LogP contribution is 2.20. The maximum absolute atomic E-state index is 12.6. The summed E-state index contributed by atoms with van der Waals surface area (Å²) in [6.45, 7) is 4.55. The number of nitrogens with zero attached hydrogens (tertiary/aromatic N) is 4. The Morgan fingerprint density at radius 3 is 2.10 bits per heavy atom. The van der Waals surface area contributed by atoms with Crippen LogP contribution in [0, 0.1) is 0 Å². The zero-order chi connectivity index (χ0) is 21.0. The van der Waals surface area contributed by atoms with Gasteiger partial charge in [-0.15, -0.1) is 0 Å². The standard InChI is InChI=1S/C19H28N4O5S/c1-20-7-9-21(10-8-20)18(24)15-23(29(2,26)27)17-5-3-16(4-6-17)19(25)22-11-13-28-14-12-22/h3-6H,7-15H2,1-2H3. The van der Waals surface area contributed by atoms with E-state index in [1.807, 2.05) is 7.05 Å². The Morgan fingerprint density at radius 2 is 1.55 bits per heavy atom. The number of ether oxygens (including phenoxy) is 1. The highest BCUT2D eigenvalue weighted by molar-refractivity contribution is 7.92. The van der Waals surface area contributed by atoms with Crippen LogP contribution in [0.25, 0.3) is 0 Å². The van der Waals surface area contributed by atoms with Crippen molar-refractivity contribution in [3.63, 3.8) is 0 Å². The molecule has 0 atom stereocenters. The molecule has 9 nitrogen and oxygen atoms in total. The normalized spacial score (nSPS) is 18.6. The Hall–Kier alpha value is -2.17. The average molecular weight is 425 g/mol. The lowest BCUT2D eigenvalue weighted by molar-refractivity contribution is -0.131. The van der Waals surface area contributed by atoms with Crippen molar-refractivity contribution in [1.82, 2.24) is 14.7 Å². The van der Waals surface area contributed by atoms with Gasteiger partial charge in [0.15, 0.2) is 0 Å². The lowest BCUT2D eigenvalue weighted by Gasteiger charge is -2.34. The first-order valence-corrected chi connectivity index (χ1v) is 11.5. The Balaban J connectivity index is 1.72. The molecule has 3 rings (SSSR count). The van der Waals surface area contributed by atoms with E-state index in [1.165, 1.54) is 0 Å². The van der Waals surface area contributed by atoms with Crippen molar-refractivity contribution in [1.29, 1.82) is 0 Å². The van der Waals surface area contributed by atoms with Gasteiger partial charge in [-0.2, -0.15) is 0 Å². The molecule has 2 aliphatic rings. The molecule has 10 heteroatoms. The summed E-state index contributed by atoms with van der Waals surface area (Å²) in [7, 11) is -1.66. The molecular weight excluding hydrogens is 396 g/mol. The number of carbonyl (C=O) groups excluding carboxylic acids is 2. The number of rotatable bonds is 5. The van der Waals surface area contributed by atoms with Gasteiger partial charge in [0, 0.05) is 44.8 Å². The molecule has 0 N–H and O–H groups in total. The van der Waals surface area contributed by atoms with Gasteiger partial charge in [-0.3, -0.25) is 13.9 Å². The van der Waals surface area contributed by atoms with E-state index in [4.69, 9.17) is 4.74 Å². The molecule has 2 saturated heterocycles. The van der Waals surface area contributed by atoms with E-state index in [9.17, 15) is 18.0 Å². The molecule has 0 radical (unpaired) electrons. The third kappa shape index (κ3) is 5.46. The van der Waals surface area contributed by atoms with Crippen molar-refractivity contribution in [3.8, 4) is 0 Å². The van der Waals surface area contributed by atoms with Gasteiger partial charge in [0.25, 0.3) is 5.91 Å². The molecule has 0 saturated carbocycles. The predicted molar refractivity (Wildman–Crippen MR) is 109 cm³/mol. The SMILES string of the molecule is CN1CCN(C(=O)CN(c2ccc(C(=O)N3CCOCC3)cc2)S(C)(=O)=O)CC1. The second kappa shape index (κ2) is 9.10. The van der Waals surface area contributed by atoms with E-state index < -0.39 is 10.0 Å². The van der Waals surface area contributed by atoms with Crippen LogP contribution in [0.1, 0.15) is 10.4 Å². The number of hydrogen-bond donors (Lipinski definition) is 0. The number of sulfonamides is 1. The quantitative estimate of drug-likeness (QED) is 0.645. The average Bonchev–Trinajstić information content (AvgIpc) is 2.72. The van der Waals surface area contributed by atoms with Crippen molar-refractivity contribution in [3.05, 3.63) is 29.8 Å². The van der Waals surface area contributed by atoms with Crippen LogP contribution in [0.15, 0.2) is 24.3 Å². The third-order valence-electron chi connectivity index (χ3n) is 5.24. The second-order valence-corrected chi connectivity index (χ2v) is 9.31. The number of anilines is 1. The van der Waals surface area contributed by atoms with E-state index in [1.54, 1.807) is 34.1 Å². The summed E-state index contributed by atoms with van der Waals surface area (Å²) in [5, 5.41) is 0. The van der Waals surface area contributed by atoms with Gasteiger partial charge >= 0.3 is 0 Å². The van der Waals surface area contributed by atoms with Gasteiger partial charge in [0.05, 0.1) is 25.2 Å². The lowest BCUT2D eigenvalue weighted by Crippen LogP contribution is -2.50. The first-order valence-electron chi connectivity index (χ1n) is 9.67. The zero-order valence-electron chi connectivity index (χ0n) is 16.9. The molecule has 0 unspecified atom stereocenters. The summed E-state index contributed by atoms with van der Waals surface area (Å²) < 4.78 is 31.0. The van der Waals surface area contributed by atoms with Crippen LogP contribution in [-0.4, -0.2) is 107 Å². The molecule has 0 aromatic heterocycles. The van der Waals surface area contributed by atoms with Crippen molar-refractivity contribution >= 4 is 27.5 Å². The first-order chi connectivity index (χ1) is 13.8. The van der Waals surface area contributed by atoms with E-state index in [0.717, 1.165) is 23.7 Å². The molecule has 1 aromatic carbocycles. The fourth-order valence-corrected chi connectivity index (χ4v) is 4.25. The monoisotopic (exact) mass is 424 g/mol. The highest BCUT2D eigenvalue weighted by Gasteiger charge is 2.26.